The summed E-state index contributed by atoms with van der Waals surface area (Å²) in [5, 5.41) is 22.0. The molecule has 0 atom stereocenters. The van der Waals surface area contributed by atoms with Crippen molar-refractivity contribution in [3.63, 3.8) is 0 Å². The van der Waals surface area contributed by atoms with Crippen LogP contribution < -0.4 is 0 Å². The van der Waals surface area contributed by atoms with Gasteiger partial charge >= 0.3 is 5.97 Å². The van der Waals surface area contributed by atoms with E-state index in [2.05, 4.69) is 15.2 Å². The van der Waals surface area contributed by atoms with Gasteiger partial charge in [-0.3, -0.25) is 4.40 Å². The number of ether oxygens (including phenoxy) is 1. The summed E-state index contributed by atoms with van der Waals surface area (Å²) in [6.45, 7) is 1.91. The summed E-state index contributed by atoms with van der Waals surface area (Å²) < 4.78 is 6.82. The fourth-order valence-corrected chi connectivity index (χ4v) is 3.87. The number of rotatable bonds is 4. The number of aromatic hydroxyl groups is 1. The van der Waals surface area contributed by atoms with Gasteiger partial charge < -0.3 is 14.8 Å². The lowest BCUT2D eigenvalue weighted by atomic mass is 10.1. The Bertz CT molecular complexity index is 1480. The molecule has 31 heavy (non-hydrogen) atoms. The van der Waals surface area contributed by atoms with Crippen LogP contribution in [0.1, 0.15) is 17.3 Å². The fraction of sp³-hybridized carbons (Fsp3) is 0.0870. The molecule has 0 aliphatic rings. The lowest BCUT2D eigenvalue weighted by Crippen LogP contribution is -2.05. The average Bonchev–Trinajstić information content (AvgIpc) is 3.05. The number of hydrogen-bond acceptors (Lipinski definition) is 5. The molecule has 2 aromatic heterocycles. The van der Waals surface area contributed by atoms with Crippen LogP contribution in [-0.2, 0) is 4.74 Å². The molecule has 2 N–H and O–H groups in total. The molecule has 5 rings (SSSR count). The van der Waals surface area contributed by atoms with E-state index < -0.39 is 5.97 Å². The predicted molar refractivity (Wildman–Crippen MR) is 120 cm³/mol. The van der Waals surface area contributed by atoms with E-state index in [-0.39, 0.29) is 23.7 Å². The standard InChI is InChI=1S/C23H17ClN4O3/c1-2-31-23(30)19-20(27-26-15-11-9-14(24)10-12-15)22(29)28-17-8-4-6-13-5-3-7-16(18(13)17)25-21(19)28/h3-12,25,29H,2H2,1H3. The number of nitrogens with one attached hydrogen (secondary N) is 1. The molecule has 8 heteroatoms. The van der Waals surface area contributed by atoms with Crippen molar-refractivity contribution in [2.75, 3.05) is 6.61 Å². The zero-order chi connectivity index (χ0) is 21.5. The van der Waals surface area contributed by atoms with Crippen molar-refractivity contribution in [2.24, 2.45) is 10.2 Å². The maximum Gasteiger partial charge on any atom is 0.344 e. The Kier molecular flexibility index (Phi) is 4.60. The number of azo groups is 1. The largest absolute Gasteiger partial charge is 0.493 e. The van der Waals surface area contributed by atoms with Crippen LogP contribution in [0.25, 0.3) is 27.5 Å². The molecule has 0 radical (unpaired) electrons. The Labute approximate surface area is 181 Å². The van der Waals surface area contributed by atoms with E-state index in [1.165, 1.54) is 0 Å². The van der Waals surface area contributed by atoms with Gasteiger partial charge in [-0.15, -0.1) is 5.11 Å². The third-order valence-corrected chi connectivity index (χ3v) is 5.32. The number of benzene rings is 3. The van der Waals surface area contributed by atoms with Gasteiger partial charge in [0.15, 0.2) is 5.69 Å². The molecule has 0 bridgehead atoms. The number of aromatic nitrogens is 2. The van der Waals surface area contributed by atoms with Crippen molar-refractivity contribution >= 4 is 56.4 Å². The van der Waals surface area contributed by atoms with Crippen LogP contribution >= 0.6 is 11.6 Å². The maximum absolute atomic E-state index is 12.9. The van der Waals surface area contributed by atoms with Crippen molar-refractivity contribution in [1.82, 2.24) is 9.38 Å². The third-order valence-electron chi connectivity index (χ3n) is 5.07. The first-order valence-corrected chi connectivity index (χ1v) is 10.1. The number of nitrogens with zero attached hydrogens (tertiary/aromatic N) is 3. The number of carbonyl (C=O) groups excluding carboxylic acids is 1. The van der Waals surface area contributed by atoms with Gasteiger partial charge in [-0.25, -0.2) is 4.79 Å². The molecule has 0 unspecified atom stereocenters. The Balaban J connectivity index is 1.83. The zero-order valence-electron chi connectivity index (χ0n) is 16.5. The molecule has 0 aliphatic carbocycles. The molecule has 2 heterocycles. The highest BCUT2D eigenvalue weighted by Gasteiger charge is 2.27. The predicted octanol–water partition coefficient (Wildman–Crippen LogP) is 6.52. The maximum atomic E-state index is 12.9. The fourth-order valence-electron chi connectivity index (χ4n) is 3.75. The van der Waals surface area contributed by atoms with Crippen LogP contribution in [-0.4, -0.2) is 27.1 Å². The Morgan fingerprint density at radius 3 is 2.58 bits per heavy atom. The lowest BCUT2D eigenvalue weighted by Gasteiger charge is -2.10. The highest BCUT2D eigenvalue weighted by molar-refractivity contribution is 6.30. The van der Waals surface area contributed by atoms with Gasteiger partial charge in [0.2, 0.25) is 5.88 Å². The quantitative estimate of drug-likeness (QED) is 0.250. The molecular weight excluding hydrogens is 416 g/mol. The van der Waals surface area contributed by atoms with Crippen LogP contribution in [0.5, 0.6) is 5.88 Å². The second-order valence-corrected chi connectivity index (χ2v) is 7.37. The van der Waals surface area contributed by atoms with E-state index in [9.17, 15) is 9.90 Å². The summed E-state index contributed by atoms with van der Waals surface area (Å²) in [7, 11) is 0. The van der Waals surface area contributed by atoms with E-state index in [0.717, 1.165) is 21.8 Å². The molecule has 0 amide bonds. The first-order valence-electron chi connectivity index (χ1n) is 9.69. The highest BCUT2D eigenvalue weighted by Crippen LogP contribution is 2.41. The molecule has 0 fully saturated rings. The summed E-state index contributed by atoms with van der Waals surface area (Å²) in [4.78, 5) is 16.1. The van der Waals surface area contributed by atoms with Crippen molar-refractivity contribution in [1.29, 1.82) is 0 Å². The van der Waals surface area contributed by atoms with E-state index in [4.69, 9.17) is 16.3 Å². The minimum Gasteiger partial charge on any atom is -0.493 e. The van der Waals surface area contributed by atoms with Crippen molar-refractivity contribution in [3.8, 4) is 5.88 Å². The molecule has 0 saturated carbocycles. The molecule has 154 valence electrons. The Morgan fingerprint density at radius 2 is 1.84 bits per heavy atom. The van der Waals surface area contributed by atoms with Gasteiger partial charge in [0.1, 0.15) is 11.2 Å². The number of halogens is 1. The smallest absolute Gasteiger partial charge is 0.344 e. The molecular formula is C23H17ClN4O3. The first-order chi connectivity index (χ1) is 15.1. The van der Waals surface area contributed by atoms with E-state index >= 15 is 0 Å². The SMILES string of the molecule is CCOC(=O)c1c(N=Nc2ccc(Cl)cc2)c(O)n2c1[nH]c1cccc3cccc2c31. The Hall–Kier alpha value is -3.84. The van der Waals surface area contributed by atoms with Crippen molar-refractivity contribution < 1.29 is 14.6 Å². The number of esters is 1. The first kappa shape index (κ1) is 19.1. The van der Waals surface area contributed by atoms with Crippen LogP contribution in [0.3, 0.4) is 0 Å². The minimum absolute atomic E-state index is 0.0284. The zero-order valence-corrected chi connectivity index (χ0v) is 17.2. The van der Waals surface area contributed by atoms with Crippen LogP contribution in [0.2, 0.25) is 5.02 Å². The lowest BCUT2D eigenvalue weighted by molar-refractivity contribution is 0.0529. The molecule has 0 spiro atoms. The summed E-state index contributed by atoms with van der Waals surface area (Å²) in [6.07, 6.45) is 0. The van der Waals surface area contributed by atoms with Gasteiger partial charge in [-0.05, 0) is 48.7 Å². The van der Waals surface area contributed by atoms with Crippen LogP contribution in [0.15, 0.2) is 70.9 Å². The van der Waals surface area contributed by atoms with Crippen molar-refractivity contribution in [2.45, 2.75) is 6.92 Å². The molecule has 3 aromatic carbocycles. The number of aromatic amines is 1. The third kappa shape index (κ3) is 3.10. The van der Waals surface area contributed by atoms with Gasteiger partial charge in [-0.2, -0.15) is 5.11 Å². The van der Waals surface area contributed by atoms with Gasteiger partial charge in [0, 0.05) is 15.9 Å². The number of fused-ring (bicyclic) bond motifs is 2. The molecule has 0 saturated heterocycles. The molecule has 5 aromatic rings. The van der Waals surface area contributed by atoms with Gasteiger partial charge in [0.25, 0.3) is 0 Å². The minimum atomic E-state index is -0.601. The highest BCUT2D eigenvalue weighted by atomic mass is 35.5. The van der Waals surface area contributed by atoms with Gasteiger partial charge in [0.05, 0.1) is 17.8 Å². The van der Waals surface area contributed by atoms with Crippen LogP contribution in [0.4, 0.5) is 11.4 Å². The monoisotopic (exact) mass is 432 g/mol. The number of carbonyl (C=O) groups is 1. The second-order valence-electron chi connectivity index (χ2n) is 6.93. The van der Waals surface area contributed by atoms with Gasteiger partial charge in [-0.1, -0.05) is 35.9 Å². The topological polar surface area (TPSA) is 91.4 Å². The molecule has 0 aliphatic heterocycles. The second kappa shape index (κ2) is 7.45. The number of hydrogen-bond donors (Lipinski definition) is 2. The Morgan fingerprint density at radius 1 is 1.10 bits per heavy atom. The molecule has 7 nitrogen and oxygen atoms in total. The average molecular weight is 433 g/mol. The summed E-state index contributed by atoms with van der Waals surface area (Å²) in [6, 6.07) is 18.4. The summed E-state index contributed by atoms with van der Waals surface area (Å²) >= 11 is 5.92. The van der Waals surface area contributed by atoms with E-state index in [1.807, 2.05) is 36.4 Å². The van der Waals surface area contributed by atoms with E-state index in [0.29, 0.717) is 16.4 Å². The van der Waals surface area contributed by atoms with E-state index in [1.54, 1.807) is 35.6 Å². The van der Waals surface area contributed by atoms with Crippen LogP contribution in [0, 0.1) is 0 Å². The summed E-state index contributed by atoms with van der Waals surface area (Å²) in [5.41, 5.74) is 2.61. The normalized spacial score (nSPS) is 11.8. The summed E-state index contributed by atoms with van der Waals surface area (Å²) in [5.74, 6) is -0.805. The van der Waals surface area contributed by atoms with Crippen molar-refractivity contribution in [3.05, 3.63) is 71.2 Å². The number of H-pyrrole nitrogens is 1.